The fourth-order valence-corrected chi connectivity index (χ4v) is 3.72. The Hall–Kier alpha value is -2.80. The van der Waals surface area contributed by atoms with Gasteiger partial charge < -0.3 is 15.0 Å². The summed E-state index contributed by atoms with van der Waals surface area (Å²) >= 11 is 0. The number of benzene rings is 2. The van der Waals surface area contributed by atoms with Crippen LogP contribution in [0.5, 0.6) is 0 Å². The number of H-pyrrole nitrogens is 1. The number of hydrogen-bond donors (Lipinski definition) is 2. The molecule has 1 amide bonds. The van der Waals surface area contributed by atoms with E-state index in [1.165, 1.54) is 24.6 Å². The van der Waals surface area contributed by atoms with Gasteiger partial charge in [-0.1, -0.05) is 6.42 Å². The van der Waals surface area contributed by atoms with Gasteiger partial charge in [0.05, 0.1) is 17.7 Å². The van der Waals surface area contributed by atoms with Gasteiger partial charge in [-0.15, -0.1) is 0 Å². The first kappa shape index (κ1) is 21.4. The van der Waals surface area contributed by atoms with Gasteiger partial charge >= 0.3 is 0 Å². The summed E-state index contributed by atoms with van der Waals surface area (Å²) in [6.45, 7) is 0.672. The lowest BCUT2D eigenvalue weighted by atomic mass is 9.84. The van der Waals surface area contributed by atoms with E-state index in [2.05, 4.69) is 10.3 Å². The molecule has 2 N–H and O–H groups in total. The Labute approximate surface area is 178 Å². The molecule has 2 fully saturated rings. The summed E-state index contributed by atoms with van der Waals surface area (Å²) in [5.74, 6) is -1.05. The number of hydrogen-bond acceptors (Lipinski definition) is 2. The van der Waals surface area contributed by atoms with Gasteiger partial charge in [-0.2, -0.15) is 0 Å². The molecule has 0 radical (unpaired) electrons. The van der Waals surface area contributed by atoms with E-state index in [0.717, 1.165) is 31.7 Å². The molecule has 0 spiro atoms. The van der Waals surface area contributed by atoms with Crippen LogP contribution in [0, 0.1) is 23.4 Å². The topological polar surface area (TPSA) is 54.1 Å². The quantitative estimate of drug-likeness (QED) is 0.575. The normalized spacial score (nSPS) is 16.9. The molecule has 0 saturated heterocycles. The second-order valence-electron chi connectivity index (χ2n) is 8.37. The molecule has 2 saturated carbocycles. The van der Waals surface area contributed by atoms with Gasteiger partial charge in [0.15, 0.2) is 0 Å². The average Bonchev–Trinajstić information content (AvgIpc) is 3.28. The summed E-state index contributed by atoms with van der Waals surface area (Å²) in [4.78, 5) is 14.5. The molecule has 1 aromatic heterocycles. The zero-order valence-corrected chi connectivity index (χ0v) is 17.3. The summed E-state index contributed by atoms with van der Waals surface area (Å²) in [6, 6.07) is 9.50. The van der Waals surface area contributed by atoms with Gasteiger partial charge in [-0.25, -0.2) is 13.2 Å². The zero-order valence-electron chi connectivity index (χ0n) is 17.3. The number of halogens is 3. The Kier molecular flexibility index (Phi) is 6.05. The minimum absolute atomic E-state index is 0.0153. The van der Waals surface area contributed by atoms with Crippen LogP contribution < -0.4 is 5.32 Å². The zero-order chi connectivity index (χ0) is 22.0. The number of aromatic amines is 1. The molecular formula is C24H25F3N2O2. The lowest BCUT2D eigenvalue weighted by Gasteiger charge is -2.27. The Morgan fingerprint density at radius 2 is 1.81 bits per heavy atom. The third kappa shape index (κ3) is 4.93. The molecule has 2 aromatic carbocycles. The monoisotopic (exact) mass is 430 g/mol. The second-order valence-corrected chi connectivity index (χ2v) is 8.37. The van der Waals surface area contributed by atoms with Crippen molar-refractivity contribution in [2.24, 2.45) is 5.92 Å². The van der Waals surface area contributed by atoms with E-state index in [4.69, 9.17) is 4.74 Å². The van der Waals surface area contributed by atoms with Crippen molar-refractivity contribution >= 4 is 16.8 Å². The van der Waals surface area contributed by atoms with Gasteiger partial charge in [0.1, 0.15) is 17.5 Å². The van der Waals surface area contributed by atoms with Gasteiger partial charge in [0.25, 0.3) is 0 Å². The lowest BCUT2D eigenvalue weighted by molar-refractivity contribution is -0.128. The molecule has 1 heterocycles. The van der Waals surface area contributed by atoms with E-state index in [1.807, 2.05) is 0 Å². The van der Waals surface area contributed by atoms with Crippen LogP contribution in [0.15, 0.2) is 42.5 Å². The van der Waals surface area contributed by atoms with Crippen molar-refractivity contribution < 1.29 is 22.7 Å². The predicted octanol–water partition coefficient (Wildman–Crippen LogP) is 5.33. The Morgan fingerprint density at radius 1 is 1.10 bits per heavy atom. The minimum atomic E-state index is -0.640. The standard InChI is InChI=1S/C14H8F3N.C10H17NO2/c15-10-3-1-8(2-4-10)13-6-9-5-11(16)7-12(17)14(9)18-13;1-13-7-10(5-6-10)11-9(12)8-3-2-4-8/h1-7,18H;8H,2-7H2,1H3,(H,11,12). The van der Waals surface area contributed by atoms with Gasteiger partial charge in [-0.05, 0) is 67.6 Å². The van der Waals surface area contributed by atoms with Crippen molar-refractivity contribution in [1.29, 1.82) is 0 Å². The maximum atomic E-state index is 13.5. The molecule has 5 rings (SSSR count). The fourth-order valence-electron chi connectivity index (χ4n) is 3.72. The van der Waals surface area contributed by atoms with Crippen molar-refractivity contribution in [2.45, 2.75) is 37.6 Å². The maximum absolute atomic E-state index is 13.5. The van der Waals surface area contributed by atoms with Crippen molar-refractivity contribution in [1.82, 2.24) is 10.3 Å². The van der Waals surface area contributed by atoms with Crippen LogP contribution in [0.4, 0.5) is 13.2 Å². The van der Waals surface area contributed by atoms with E-state index in [9.17, 15) is 18.0 Å². The largest absolute Gasteiger partial charge is 0.382 e. The molecule has 0 unspecified atom stereocenters. The summed E-state index contributed by atoms with van der Waals surface area (Å²) in [7, 11) is 1.69. The number of nitrogens with one attached hydrogen (secondary N) is 2. The summed E-state index contributed by atoms with van der Waals surface area (Å²) in [5, 5.41) is 3.56. The van der Waals surface area contributed by atoms with Crippen LogP contribution in [0.3, 0.4) is 0 Å². The number of carbonyl (C=O) groups excluding carboxylic acids is 1. The van der Waals surface area contributed by atoms with Crippen molar-refractivity contribution in [2.75, 3.05) is 13.7 Å². The summed E-state index contributed by atoms with van der Waals surface area (Å²) in [6.07, 6.45) is 5.54. The van der Waals surface area contributed by atoms with Crippen LogP contribution in [0.25, 0.3) is 22.2 Å². The number of ether oxygens (including phenoxy) is 1. The van der Waals surface area contributed by atoms with Crippen molar-refractivity contribution in [3.63, 3.8) is 0 Å². The van der Waals surface area contributed by atoms with Crippen molar-refractivity contribution in [3.05, 3.63) is 59.9 Å². The average molecular weight is 430 g/mol. The molecule has 0 bridgehead atoms. The van der Waals surface area contributed by atoms with Crippen LogP contribution in [0.1, 0.15) is 32.1 Å². The minimum Gasteiger partial charge on any atom is -0.382 e. The van der Waals surface area contributed by atoms with E-state index in [-0.39, 0.29) is 22.8 Å². The number of rotatable bonds is 5. The maximum Gasteiger partial charge on any atom is 0.223 e. The third-order valence-electron chi connectivity index (χ3n) is 5.94. The SMILES string of the molecule is COCC1(NC(=O)C2CCC2)CC1.Fc1ccc(-c2cc3cc(F)cc(F)c3[nH]2)cc1. The molecule has 2 aliphatic rings. The lowest BCUT2D eigenvalue weighted by Crippen LogP contribution is -2.44. The van der Waals surface area contributed by atoms with Gasteiger partial charge in [-0.3, -0.25) is 4.79 Å². The summed E-state index contributed by atoms with van der Waals surface area (Å²) < 4.78 is 44.5. The van der Waals surface area contributed by atoms with E-state index >= 15 is 0 Å². The highest BCUT2D eigenvalue weighted by atomic mass is 19.1. The number of methoxy groups -OCH3 is 1. The highest BCUT2D eigenvalue weighted by molar-refractivity contribution is 5.86. The highest BCUT2D eigenvalue weighted by Crippen LogP contribution is 2.37. The smallest absolute Gasteiger partial charge is 0.223 e. The molecule has 4 nitrogen and oxygen atoms in total. The number of aromatic nitrogens is 1. The Bertz CT molecular complexity index is 1070. The first-order chi connectivity index (χ1) is 14.9. The number of fused-ring (bicyclic) bond motifs is 1. The molecule has 2 aliphatic carbocycles. The molecule has 164 valence electrons. The number of amides is 1. The van der Waals surface area contributed by atoms with Crippen LogP contribution in [-0.4, -0.2) is 30.1 Å². The molecule has 7 heteroatoms. The fraction of sp³-hybridized carbons (Fsp3) is 0.375. The first-order valence-electron chi connectivity index (χ1n) is 10.4. The molecule has 0 aliphatic heterocycles. The summed E-state index contributed by atoms with van der Waals surface area (Å²) in [5.41, 5.74) is 1.60. The molecule has 0 atom stereocenters. The molecular weight excluding hydrogens is 405 g/mol. The van der Waals surface area contributed by atoms with Crippen LogP contribution >= 0.6 is 0 Å². The predicted molar refractivity (Wildman–Crippen MR) is 113 cm³/mol. The van der Waals surface area contributed by atoms with Crippen molar-refractivity contribution in [3.8, 4) is 11.3 Å². The van der Waals surface area contributed by atoms with E-state index in [0.29, 0.717) is 29.2 Å². The van der Waals surface area contributed by atoms with Crippen LogP contribution in [-0.2, 0) is 9.53 Å². The first-order valence-corrected chi connectivity index (χ1v) is 10.4. The van der Waals surface area contributed by atoms with Crippen LogP contribution in [0.2, 0.25) is 0 Å². The molecule has 31 heavy (non-hydrogen) atoms. The van der Waals surface area contributed by atoms with E-state index < -0.39 is 11.6 Å². The van der Waals surface area contributed by atoms with Gasteiger partial charge in [0, 0.05) is 30.2 Å². The highest BCUT2D eigenvalue weighted by Gasteiger charge is 2.45. The third-order valence-corrected chi connectivity index (χ3v) is 5.94. The van der Waals surface area contributed by atoms with Gasteiger partial charge in [0.2, 0.25) is 5.91 Å². The van der Waals surface area contributed by atoms with E-state index in [1.54, 1.807) is 25.3 Å². The second kappa shape index (κ2) is 8.75. The Morgan fingerprint density at radius 3 is 2.39 bits per heavy atom. The Balaban J connectivity index is 0.000000158. The number of carbonyl (C=O) groups is 1. The molecule has 3 aromatic rings.